The first-order valence-corrected chi connectivity index (χ1v) is 9.91. The van der Waals surface area contributed by atoms with Crippen LogP contribution in [-0.4, -0.2) is 67.5 Å². The van der Waals surface area contributed by atoms with Gasteiger partial charge in [0.25, 0.3) is 0 Å². The fourth-order valence-electron chi connectivity index (χ4n) is 3.57. The average molecular weight is 474 g/mol. The lowest BCUT2D eigenvalue weighted by atomic mass is 10.2. The van der Waals surface area contributed by atoms with Crippen molar-refractivity contribution in [3.05, 3.63) is 60.7 Å². The topological polar surface area (TPSA) is 6.48 Å². The van der Waals surface area contributed by atoms with E-state index < -0.39 is 14.5 Å². The largest absolute Gasteiger partial charge is 0.673 e. The Morgan fingerprint density at radius 3 is 1.81 bits per heavy atom. The van der Waals surface area contributed by atoms with Crippen molar-refractivity contribution in [1.82, 2.24) is 9.80 Å². The highest BCUT2D eigenvalue weighted by Gasteiger charge is 2.51. The lowest BCUT2D eigenvalue weighted by Gasteiger charge is -2.44. The zero-order chi connectivity index (χ0) is 24.6. The molecule has 182 valence electrons. The number of halogens is 8. The Morgan fingerprint density at radius 1 is 0.844 bits per heavy atom. The van der Waals surface area contributed by atoms with Gasteiger partial charge in [-0.05, 0) is 6.42 Å². The second kappa shape index (κ2) is 11.1. The molecule has 0 saturated carbocycles. The third-order valence-electron chi connectivity index (χ3n) is 4.85. The van der Waals surface area contributed by atoms with E-state index in [1.807, 2.05) is 0 Å². The van der Waals surface area contributed by atoms with E-state index in [9.17, 15) is 34.5 Å². The van der Waals surface area contributed by atoms with Crippen molar-refractivity contribution in [3.8, 4) is 0 Å². The van der Waals surface area contributed by atoms with Crippen LogP contribution >= 0.6 is 0 Å². The van der Waals surface area contributed by atoms with Crippen molar-refractivity contribution < 1.29 is 43.7 Å². The van der Waals surface area contributed by atoms with Crippen LogP contribution in [0.5, 0.6) is 0 Å². The normalized spacial score (nSPS) is 24.7. The van der Waals surface area contributed by atoms with E-state index in [0.717, 1.165) is 35.6 Å². The molecule has 2 heterocycles. The van der Waals surface area contributed by atoms with Crippen molar-refractivity contribution in [1.29, 1.82) is 0 Å². The maximum atomic E-state index is 9.75. The Labute approximate surface area is 183 Å². The first-order valence-electron chi connectivity index (χ1n) is 9.91. The molecule has 2 aliphatic heterocycles. The van der Waals surface area contributed by atoms with E-state index in [1.54, 1.807) is 0 Å². The zero-order valence-corrected chi connectivity index (χ0v) is 18.2. The molecular formula is C18H28B2F8N4. The van der Waals surface area contributed by atoms with E-state index in [0.29, 0.717) is 0 Å². The van der Waals surface area contributed by atoms with E-state index in [-0.39, 0.29) is 0 Å². The van der Waals surface area contributed by atoms with Gasteiger partial charge in [-0.1, -0.05) is 37.3 Å². The highest BCUT2D eigenvalue weighted by atomic mass is 19.5. The summed E-state index contributed by atoms with van der Waals surface area (Å²) < 4.78 is 79.8. The molecule has 1 aromatic rings. The highest BCUT2D eigenvalue weighted by Crippen LogP contribution is 2.34. The molecule has 2 atom stereocenters. The minimum absolute atomic E-state index is 0.899. The van der Waals surface area contributed by atoms with Crippen LogP contribution in [0.25, 0.3) is 0 Å². The Kier molecular flexibility index (Phi) is 9.64. The molecule has 3 rings (SSSR count). The Morgan fingerprint density at radius 2 is 1.38 bits per heavy atom. The van der Waals surface area contributed by atoms with Gasteiger partial charge in [-0.3, -0.25) is 0 Å². The number of hydrogen-bond donors (Lipinski definition) is 0. The van der Waals surface area contributed by atoms with Gasteiger partial charge in [0.05, 0.1) is 12.4 Å². The molecular weight excluding hydrogens is 446 g/mol. The summed E-state index contributed by atoms with van der Waals surface area (Å²) in [5.74, 6) is 0. The van der Waals surface area contributed by atoms with E-state index in [4.69, 9.17) is 0 Å². The summed E-state index contributed by atoms with van der Waals surface area (Å²) >= 11 is 0. The molecule has 0 amide bonds. The summed E-state index contributed by atoms with van der Waals surface area (Å²) in [5, 5.41) is 0. The average Bonchev–Trinajstić information content (AvgIpc) is 3.18. The smallest absolute Gasteiger partial charge is 0.418 e. The minimum atomic E-state index is -6.00. The second-order valence-corrected chi connectivity index (χ2v) is 7.78. The lowest BCUT2D eigenvalue weighted by molar-refractivity contribution is -1.45. The number of nitrogens with zero attached hydrogens (tertiary/aromatic N) is 4. The van der Waals surface area contributed by atoms with E-state index in [2.05, 4.69) is 86.0 Å². The second-order valence-electron chi connectivity index (χ2n) is 7.78. The molecule has 0 saturated heterocycles. The van der Waals surface area contributed by atoms with Crippen LogP contribution in [0, 0.1) is 0 Å². The molecule has 32 heavy (non-hydrogen) atoms. The van der Waals surface area contributed by atoms with Gasteiger partial charge in [-0.15, -0.1) is 9.18 Å². The number of hydrogen-bond acceptors (Lipinski definition) is 2. The van der Waals surface area contributed by atoms with Gasteiger partial charge >= 0.3 is 14.5 Å². The van der Waals surface area contributed by atoms with Crippen molar-refractivity contribution >= 4 is 14.5 Å². The van der Waals surface area contributed by atoms with Gasteiger partial charge in [0, 0.05) is 19.2 Å². The lowest BCUT2D eigenvalue weighted by Crippen LogP contribution is -2.65. The van der Waals surface area contributed by atoms with Crippen molar-refractivity contribution in [3.63, 3.8) is 0 Å². The molecule has 14 heteroatoms. The van der Waals surface area contributed by atoms with Crippen LogP contribution in [0.4, 0.5) is 34.5 Å². The van der Waals surface area contributed by atoms with Crippen molar-refractivity contribution in [2.75, 3.05) is 34.0 Å². The summed E-state index contributed by atoms with van der Waals surface area (Å²) in [6.45, 7) is 6.45. The molecule has 2 aliphatic rings. The fraction of sp³-hybridized carbons (Fsp3) is 0.444. The van der Waals surface area contributed by atoms with Gasteiger partial charge in [0.2, 0.25) is 13.3 Å². The van der Waals surface area contributed by atoms with Crippen LogP contribution in [0.15, 0.2) is 55.1 Å². The van der Waals surface area contributed by atoms with Gasteiger partial charge in [0.15, 0.2) is 18.9 Å². The zero-order valence-electron chi connectivity index (χ0n) is 18.2. The van der Waals surface area contributed by atoms with Gasteiger partial charge in [0.1, 0.15) is 7.05 Å². The molecule has 1 aromatic carbocycles. The number of rotatable bonds is 5. The summed E-state index contributed by atoms with van der Waals surface area (Å²) in [6.07, 6.45) is 10.4. The number of quaternary nitrogens is 2. The van der Waals surface area contributed by atoms with Crippen LogP contribution in [0.3, 0.4) is 0 Å². The molecule has 4 nitrogen and oxygen atoms in total. The first kappa shape index (κ1) is 27.8. The standard InChI is InChI=1S/C18H28N4.2BF4/c1-4-10-20-12-13-21(3,17-20)22(14-11-19(2)16-22)15-18-8-6-5-7-9-18;2*2-1(3,4)5/h5-9,11-14H,4,10,15-17H2,1-3H3;;/q+2;2*-1. The molecule has 0 radical (unpaired) electrons. The summed E-state index contributed by atoms with van der Waals surface area (Å²) in [6, 6.07) is 10.8. The summed E-state index contributed by atoms with van der Waals surface area (Å²) in [4.78, 5) is 4.74. The molecule has 0 aliphatic carbocycles. The maximum Gasteiger partial charge on any atom is 0.673 e. The van der Waals surface area contributed by atoms with Crippen LogP contribution < -0.4 is 0 Å². The van der Waals surface area contributed by atoms with Crippen LogP contribution in [-0.2, 0) is 6.54 Å². The van der Waals surface area contributed by atoms with E-state index >= 15 is 0 Å². The third-order valence-corrected chi connectivity index (χ3v) is 4.85. The molecule has 0 bridgehead atoms. The molecule has 2 unspecified atom stereocenters. The SMILES string of the molecule is CCCN1C=C[N+](C)([N+]2(Cc3ccccc3)C=CN(C)C2)C1.F[B-](F)(F)F.F[B-](F)(F)F. The third kappa shape index (κ3) is 9.94. The summed E-state index contributed by atoms with van der Waals surface area (Å²) in [5.41, 5.74) is 1.39. The fourth-order valence-corrected chi connectivity index (χ4v) is 3.57. The van der Waals surface area contributed by atoms with Gasteiger partial charge in [-0.25, -0.2) is 0 Å². The van der Waals surface area contributed by atoms with Crippen LogP contribution in [0.1, 0.15) is 18.9 Å². The predicted octanol–water partition coefficient (Wildman–Crippen LogP) is 5.49. The molecule has 0 N–H and O–H groups in total. The minimum Gasteiger partial charge on any atom is -0.418 e. The monoisotopic (exact) mass is 474 g/mol. The van der Waals surface area contributed by atoms with Gasteiger partial charge < -0.3 is 44.3 Å². The Balaban J connectivity index is 0.000000431. The predicted molar refractivity (Wildman–Crippen MR) is 110 cm³/mol. The quantitative estimate of drug-likeness (QED) is 0.317. The first-order chi connectivity index (χ1) is 14.6. The maximum absolute atomic E-state index is 9.75. The van der Waals surface area contributed by atoms with Crippen molar-refractivity contribution in [2.24, 2.45) is 0 Å². The molecule has 0 aromatic heterocycles. The Hall–Kier alpha value is -2.21. The van der Waals surface area contributed by atoms with Crippen LogP contribution in [0.2, 0.25) is 0 Å². The molecule has 0 spiro atoms. The van der Waals surface area contributed by atoms with Gasteiger partial charge in [-0.2, -0.15) is 0 Å². The van der Waals surface area contributed by atoms with E-state index in [1.165, 1.54) is 12.0 Å². The summed E-state index contributed by atoms with van der Waals surface area (Å²) in [7, 11) is -7.49. The Bertz CT molecular complexity index is 736. The van der Waals surface area contributed by atoms with Crippen molar-refractivity contribution in [2.45, 2.75) is 19.9 Å². The number of benzene rings is 1. The molecule has 0 fully saturated rings. The highest BCUT2D eigenvalue weighted by molar-refractivity contribution is 6.50.